The summed E-state index contributed by atoms with van der Waals surface area (Å²) in [6.07, 6.45) is 7.93. The van der Waals surface area contributed by atoms with Gasteiger partial charge in [-0.05, 0) is 31.2 Å². The van der Waals surface area contributed by atoms with Gasteiger partial charge in [-0.1, -0.05) is 18.5 Å². The van der Waals surface area contributed by atoms with Crippen LogP contribution in [0.3, 0.4) is 0 Å². The molecule has 31 heavy (non-hydrogen) atoms. The zero-order chi connectivity index (χ0) is 21.5. The van der Waals surface area contributed by atoms with Gasteiger partial charge in [0.15, 0.2) is 5.82 Å². The first-order valence-corrected chi connectivity index (χ1v) is 10.7. The average molecular weight is 437 g/mol. The minimum Gasteiger partial charge on any atom is -0.348 e. The molecule has 0 amide bonds. The number of hydrogen-bond acceptors (Lipinski definition) is 6. The van der Waals surface area contributed by atoms with Gasteiger partial charge >= 0.3 is 0 Å². The van der Waals surface area contributed by atoms with Crippen LogP contribution in [0.2, 0.25) is 5.02 Å². The van der Waals surface area contributed by atoms with E-state index in [0.29, 0.717) is 64.3 Å². The van der Waals surface area contributed by atoms with Crippen molar-refractivity contribution in [3.63, 3.8) is 0 Å². The molecule has 0 aromatic carbocycles. The Morgan fingerprint density at radius 3 is 2.97 bits per heavy atom. The molecule has 0 unspecified atom stereocenters. The number of anilines is 1. The van der Waals surface area contributed by atoms with Crippen LogP contribution in [0.5, 0.6) is 0 Å². The van der Waals surface area contributed by atoms with Crippen LogP contribution < -0.4 is 10.5 Å². The highest BCUT2D eigenvalue weighted by Crippen LogP contribution is 2.31. The molecule has 4 aromatic heterocycles. The summed E-state index contributed by atoms with van der Waals surface area (Å²) >= 11 is 6.26. The Labute approximate surface area is 182 Å². The van der Waals surface area contributed by atoms with E-state index in [-0.39, 0.29) is 5.56 Å². The molecule has 158 valence electrons. The summed E-state index contributed by atoms with van der Waals surface area (Å²) in [6, 6.07) is 3.89. The lowest BCUT2D eigenvalue weighted by Crippen LogP contribution is -2.34. The van der Waals surface area contributed by atoms with Gasteiger partial charge in [-0.15, -0.1) is 0 Å². The maximum atomic E-state index is 13.3. The molecule has 1 aliphatic carbocycles. The van der Waals surface area contributed by atoms with Gasteiger partial charge in [-0.3, -0.25) is 9.36 Å². The molecule has 10 heteroatoms. The lowest BCUT2D eigenvalue weighted by Gasteiger charge is -2.25. The molecule has 0 bridgehead atoms. The van der Waals surface area contributed by atoms with E-state index in [0.717, 1.165) is 19.3 Å². The van der Waals surface area contributed by atoms with Gasteiger partial charge < -0.3 is 9.88 Å². The van der Waals surface area contributed by atoms with Gasteiger partial charge in [0.05, 0.1) is 22.5 Å². The molecule has 0 aliphatic heterocycles. The van der Waals surface area contributed by atoms with Crippen LogP contribution in [0.25, 0.3) is 16.6 Å². The topological polar surface area (TPSA) is 108 Å². The first kappa shape index (κ1) is 19.6. The molecule has 0 spiro atoms. The highest BCUT2D eigenvalue weighted by Gasteiger charge is 2.26. The second-order valence-corrected chi connectivity index (χ2v) is 8.30. The van der Waals surface area contributed by atoms with Gasteiger partial charge in [0, 0.05) is 25.5 Å². The van der Waals surface area contributed by atoms with Crippen molar-refractivity contribution < 1.29 is 0 Å². The van der Waals surface area contributed by atoms with Crippen LogP contribution in [-0.2, 0) is 13.1 Å². The van der Waals surface area contributed by atoms with Crippen molar-refractivity contribution in [2.75, 3.05) is 11.4 Å². The predicted molar refractivity (Wildman–Crippen MR) is 117 cm³/mol. The molecule has 5 rings (SSSR count). The summed E-state index contributed by atoms with van der Waals surface area (Å²) in [6.45, 7) is 3.77. The molecule has 4 heterocycles. The monoisotopic (exact) mass is 436 g/mol. The van der Waals surface area contributed by atoms with Gasteiger partial charge in [0.25, 0.3) is 5.56 Å². The highest BCUT2D eigenvalue weighted by molar-refractivity contribution is 6.33. The quantitative estimate of drug-likeness (QED) is 0.477. The summed E-state index contributed by atoms with van der Waals surface area (Å²) in [4.78, 5) is 27.1. The number of nitriles is 1. The fraction of sp³-hybridized carbons (Fsp3) is 0.381. The van der Waals surface area contributed by atoms with E-state index in [4.69, 9.17) is 16.7 Å². The number of halogens is 1. The first-order chi connectivity index (χ1) is 15.1. The first-order valence-electron chi connectivity index (χ1n) is 10.3. The van der Waals surface area contributed by atoms with E-state index in [1.54, 1.807) is 27.5 Å². The van der Waals surface area contributed by atoms with E-state index < -0.39 is 0 Å². The van der Waals surface area contributed by atoms with Crippen molar-refractivity contribution >= 4 is 34.0 Å². The molecule has 0 radical (unpaired) electrons. The summed E-state index contributed by atoms with van der Waals surface area (Å²) in [7, 11) is 0. The van der Waals surface area contributed by atoms with Crippen molar-refractivity contribution in [3.05, 3.63) is 51.6 Å². The molecular weight excluding hydrogens is 416 g/mol. The molecule has 0 atom stereocenters. The number of fused-ring (bicyclic) bond motifs is 2. The van der Waals surface area contributed by atoms with E-state index in [2.05, 4.69) is 32.8 Å². The van der Waals surface area contributed by atoms with Gasteiger partial charge in [0.2, 0.25) is 0 Å². The molecule has 1 aliphatic rings. The predicted octanol–water partition coefficient (Wildman–Crippen LogP) is 3.12. The fourth-order valence-corrected chi connectivity index (χ4v) is 4.17. The third-order valence-corrected chi connectivity index (χ3v) is 5.94. The van der Waals surface area contributed by atoms with E-state index in [1.165, 1.54) is 6.33 Å². The number of nitrogens with zero attached hydrogens (tertiary/aromatic N) is 7. The summed E-state index contributed by atoms with van der Waals surface area (Å²) < 4.78 is 3.31. The Morgan fingerprint density at radius 1 is 1.39 bits per heavy atom. The number of H-pyrrole nitrogens is 1. The van der Waals surface area contributed by atoms with E-state index in [1.807, 2.05) is 0 Å². The average Bonchev–Trinajstić information content (AvgIpc) is 3.37. The van der Waals surface area contributed by atoms with Crippen LogP contribution in [0, 0.1) is 17.2 Å². The highest BCUT2D eigenvalue weighted by atomic mass is 35.5. The van der Waals surface area contributed by atoms with Crippen LogP contribution in [0.4, 0.5) is 5.82 Å². The Hall–Kier alpha value is -3.38. The fourth-order valence-electron chi connectivity index (χ4n) is 3.94. The van der Waals surface area contributed by atoms with Crippen LogP contribution in [0.15, 0.2) is 29.6 Å². The maximum Gasteiger partial charge on any atom is 0.279 e. The number of aromatic amines is 1. The minimum atomic E-state index is -0.129. The second-order valence-electron chi connectivity index (χ2n) is 7.89. The van der Waals surface area contributed by atoms with Gasteiger partial charge in [-0.2, -0.15) is 10.4 Å². The molecular formula is C21H21ClN8O. The zero-order valence-corrected chi connectivity index (χ0v) is 17.8. The molecule has 1 N–H and O–H groups in total. The maximum absolute atomic E-state index is 13.3. The number of hydrogen-bond donors (Lipinski definition) is 1. The second kappa shape index (κ2) is 7.71. The van der Waals surface area contributed by atoms with Crippen molar-refractivity contribution in [3.8, 4) is 6.07 Å². The molecule has 0 saturated heterocycles. The Morgan fingerprint density at radius 2 is 2.23 bits per heavy atom. The van der Waals surface area contributed by atoms with Crippen molar-refractivity contribution in [1.82, 2.24) is 29.1 Å². The zero-order valence-electron chi connectivity index (χ0n) is 17.0. The lowest BCUT2D eigenvalue weighted by molar-refractivity contribution is 0.538. The van der Waals surface area contributed by atoms with Crippen molar-refractivity contribution in [1.29, 1.82) is 5.26 Å². The molecule has 9 nitrogen and oxygen atoms in total. The molecule has 1 saturated carbocycles. The van der Waals surface area contributed by atoms with Gasteiger partial charge in [-0.25, -0.2) is 14.5 Å². The lowest BCUT2D eigenvalue weighted by atomic mass is 10.2. The van der Waals surface area contributed by atoms with Crippen molar-refractivity contribution in [2.45, 2.75) is 39.3 Å². The Balaban J connectivity index is 1.64. The van der Waals surface area contributed by atoms with Crippen molar-refractivity contribution in [2.24, 2.45) is 5.92 Å². The number of nitrogens with one attached hydrogen (secondary N) is 1. The number of rotatable bonds is 7. The minimum absolute atomic E-state index is 0.129. The number of aromatic nitrogens is 6. The van der Waals surface area contributed by atoms with E-state index in [9.17, 15) is 10.1 Å². The Kier molecular flexibility index (Phi) is 4.87. The third kappa shape index (κ3) is 3.43. The normalized spacial score (nSPS) is 13.7. The third-order valence-electron chi connectivity index (χ3n) is 5.63. The smallest absolute Gasteiger partial charge is 0.279 e. The standard InChI is InChI=1S/C21H21ClN8O/c1-2-6-28(20-17-14(8-23)9-24-19(17)25-12-26-20)11-16-27-30-7-5-15(22)18(30)21(31)29(16)10-13-3-4-13/h5,7,9,12-13H,2-4,6,10-11H2,1H3,(H,24,25,26). The van der Waals surface area contributed by atoms with Crippen LogP contribution in [-0.4, -0.2) is 35.7 Å². The summed E-state index contributed by atoms with van der Waals surface area (Å²) in [5.41, 5.74) is 1.37. The largest absolute Gasteiger partial charge is 0.348 e. The molecule has 4 aromatic rings. The SMILES string of the molecule is CCCN(Cc1nn2ccc(Cl)c2c(=O)n1CC1CC1)c1ncnc2[nH]cc(C#N)c12. The van der Waals surface area contributed by atoms with Gasteiger partial charge in [0.1, 0.15) is 29.4 Å². The summed E-state index contributed by atoms with van der Waals surface area (Å²) in [5, 5.41) is 15.4. The van der Waals surface area contributed by atoms with Crippen LogP contribution in [0.1, 0.15) is 37.6 Å². The van der Waals surface area contributed by atoms with E-state index >= 15 is 0 Å². The molecule has 1 fully saturated rings. The van der Waals surface area contributed by atoms with Crippen LogP contribution >= 0.6 is 11.6 Å². The Bertz CT molecular complexity index is 1370. The summed E-state index contributed by atoms with van der Waals surface area (Å²) in [5.74, 6) is 1.79.